The van der Waals surface area contributed by atoms with Gasteiger partial charge in [-0.15, -0.1) is 0 Å². The van der Waals surface area contributed by atoms with Crippen LogP contribution in [-0.2, 0) is 27.3 Å². The summed E-state index contributed by atoms with van der Waals surface area (Å²) in [5.74, 6) is -1.27. The van der Waals surface area contributed by atoms with Crippen LogP contribution < -0.4 is 15.5 Å². The van der Waals surface area contributed by atoms with Gasteiger partial charge in [-0.3, -0.25) is 14.5 Å². The Bertz CT molecular complexity index is 976. The number of benzene rings is 2. The highest BCUT2D eigenvalue weighted by molar-refractivity contribution is 6.35. The van der Waals surface area contributed by atoms with Crippen molar-refractivity contribution in [3.05, 3.63) is 64.2 Å². The third-order valence-corrected chi connectivity index (χ3v) is 6.61. The zero-order valence-corrected chi connectivity index (χ0v) is 19.7. The fourth-order valence-electron chi connectivity index (χ4n) is 4.49. The number of amides is 2. The summed E-state index contributed by atoms with van der Waals surface area (Å²) in [5.41, 5.74) is 4.65. The molecule has 2 aliphatic rings. The number of nitrogens with zero attached hydrogens (tertiary/aromatic N) is 2. The lowest BCUT2D eigenvalue weighted by Gasteiger charge is -2.36. The van der Waals surface area contributed by atoms with Gasteiger partial charge in [0.15, 0.2) is 0 Å². The van der Waals surface area contributed by atoms with Crippen LogP contribution in [0.1, 0.15) is 29.2 Å². The Labute approximate surface area is 200 Å². The smallest absolute Gasteiger partial charge is 0.309 e. The third-order valence-electron chi connectivity index (χ3n) is 6.35. The van der Waals surface area contributed by atoms with Crippen LogP contribution in [0.3, 0.4) is 0 Å². The summed E-state index contributed by atoms with van der Waals surface area (Å²) in [6.07, 6.45) is 2.20. The van der Waals surface area contributed by atoms with Crippen molar-refractivity contribution in [2.24, 2.45) is 0 Å². The first-order valence-corrected chi connectivity index (χ1v) is 11.9. The lowest BCUT2D eigenvalue weighted by atomic mass is 9.95. The SMILES string of the molecule is CN1CCCc2cc([C@H](CNC(=O)C(=O)NCc3ccc(Cl)cc3)N3CCOCC3)ccc21. The largest absolute Gasteiger partial charge is 0.379 e. The van der Waals surface area contributed by atoms with E-state index in [9.17, 15) is 9.59 Å². The van der Waals surface area contributed by atoms with Crippen LogP contribution in [0.15, 0.2) is 42.5 Å². The van der Waals surface area contributed by atoms with E-state index in [1.165, 1.54) is 11.3 Å². The minimum Gasteiger partial charge on any atom is -0.379 e. The van der Waals surface area contributed by atoms with Crippen molar-refractivity contribution in [2.45, 2.75) is 25.4 Å². The Balaban J connectivity index is 1.40. The average Bonchev–Trinajstić information content (AvgIpc) is 2.84. The van der Waals surface area contributed by atoms with Gasteiger partial charge in [0.1, 0.15) is 0 Å². The lowest BCUT2D eigenvalue weighted by Crippen LogP contribution is -2.46. The Hall–Kier alpha value is -2.61. The van der Waals surface area contributed by atoms with E-state index in [0.29, 0.717) is 24.8 Å². The van der Waals surface area contributed by atoms with Crippen LogP contribution in [-0.4, -0.2) is 63.2 Å². The molecule has 2 N–H and O–H groups in total. The van der Waals surface area contributed by atoms with Crippen LogP contribution in [0.4, 0.5) is 5.69 Å². The molecule has 4 rings (SSSR count). The molecule has 2 aromatic carbocycles. The van der Waals surface area contributed by atoms with Gasteiger partial charge in [-0.25, -0.2) is 0 Å². The molecule has 0 aromatic heterocycles. The molecule has 8 heteroatoms. The lowest BCUT2D eigenvalue weighted by molar-refractivity contribution is -0.139. The fourth-order valence-corrected chi connectivity index (χ4v) is 4.62. The number of anilines is 1. The van der Waals surface area contributed by atoms with E-state index in [4.69, 9.17) is 16.3 Å². The number of ether oxygens (including phenoxy) is 1. The molecule has 2 amide bonds. The Morgan fingerprint density at radius 2 is 1.76 bits per heavy atom. The summed E-state index contributed by atoms with van der Waals surface area (Å²) in [7, 11) is 2.12. The van der Waals surface area contributed by atoms with Crippen molar-refractivity contribution in [3.63, 3.8) is 0 Å². The quantitative estimate of drug-likeness (QED) is 0.635. The van der Waals surface area contributed by atoms with Crippen LogP contribution in [0, 0.1) is 0 Å². The summed E-state index contributed by atoms with van der Waals surface area (Å²) >= 11 is 5.89. The standard InChI is InChI=1S/C25H31ClN4O3/c1-29-10-2-3-19-15-20(6-9-22(19)29)23(30-11-13-33-14-12-30)17-28-25(32)24(31)27-16-18-4-7-21(26)8-5-18/h4-9,15,23H,2-3,10-14,16-17H2,1H3,(H,27,31)(H,28,32)/t23-/m0/s1. The van der Waals surface area contributed by atoms with Crippen molar-refractivity contribution in [3.8, 4) is 0 Å². The van der Waals surface area contributed by atoms with Gasteiger partial charge in [0.2, 0.25) is 0 Å². The molecule has 0 bridgehead atoms. The van der Waals surface area contributed by atoms with E-state index >= 15 is 0 Å². The van der Waals surface area contributed by atoms with Crippen LogP contribution in [0.5, 0.6) is 0 Å². The predicted molar refractivity (Wildman–Crippen MR) is 129 cm³/mol. The van der Waals surface area contributed by atoms with Crippen LogP contribution >= 0.6 is 11.6 Å². The minimum atomic E-state index is -0.641. The highest BCUT2D eigenvalue weighted by atomic mass is 35.5. The first kappa shape index (κ1) is 23.5. The van der Waals surface area contributed by atoms with Crippen LogP contribution in [0.2, 0.25) is 5.02 Å². The van der Waals surface area contributed by atoms with E-state index in [-0.39, 0.29) is 12.6 Å². The maximum Gasteiger partial charge on any atom is 0.309 e. The van der Waals surface area contributed by atoms with Crippen molar-refractivity contribution in [2.75, 3.05) is 51.3 Å². The molecule has 1 fully saturated rings. The molecular formula is C25H31ClN4O3. The molecule has 2 aliphatic heterocycles. The normalized spacial score (nSPS) is 17.2. The second-order valence-corrected chi connectivity index (χ2v) is 9.03. The molecule has 7 nitrogen and oxygen atoms in total. The first-order valence-electron chi connectivity index (χ1n) is 11.5. The Morgan fingerprint density at radius 3 is 2.52 bits per heavy atom. The molecule has 0 unspecified atom stereocenters. The van der Waals surface area contributed by atoms with Gasteiger partial charge in [-0.05, 0) is 47.7 Å². The van der Waals surface area contributed by atoms with Gasteiger partial charge >= 0.3 is 11.8 Å². The number of hydrogen-bond donors (Lipinski definition) is 2. The van der Waals surface area contributed by atoms with E-state index in [1.54, 1.807) is 12.1 Å². The molecule has 1 saturated heterocycles. The predicted octanol–water partition coefficient (Wildman–Crippen LogP) is 2.53. The molecule has 33 heavy (non-hydrogen) atoms. The van der Waals surface area contributed by atoms with Crippen molar-refractivity contribution < 1.29 is 14.3 Å². The summed E-state index contributed by atoms with van der Waals surface area (Å²) in [5, 5.41) is 6.15. The summed E-state index contributed by atoms with van der Waals surface area (Å²) in [6, 6.07) is 13.7. The summed E-state index contributed by atoms with van der Waals surface area (Å²) < 4.78 is 5.53. The van der Waals surface area contributed by atoms with Gasteiger partial charge in [-0.1, -0.05) is 35.9 Å². The number of carbonyl (C=O) groups excluding carboxylic acids is 2. The molecule has 0 saturated carbocycles. The monoisotopic (exact) mass is 470 g/mol. The van der Waals surface area contributed by atoms with E-state index in [0.717, 1.165) is 43.6 Å². The average molecular weight is 471 g/mol. The van der Waals surface area contributed by atoms with Gasteiger partial charge < -0.3 is 20.3 Å². The van der Waals surface area contributed by atoms with E-state index < -0.39 is 11.8 Å². The number of halogens is 1. The second kappa shape index (κ2) is 11.0. The van der Waals surface area contributed by atoms with Gasteiger partial charge in [0.25, 0.3) is 0 Å². The van der Waals surface area contributed by atoms with E-state index in [1.807, 2.05) is 12.1 Å². The number of rotatable bonds is 6. The fraction of sp³-hybridized carbons (Fsp3) is 0.440. The number of morpholine rings is 1. The number of hydrogen-bond acceptors (Lipinski definition) is 5. The topological polar surface area (TPSA) is 73.9 Å². The number of aryl methyl sites for hydroxylation is 1. The van der Waals surface area contributed by atoms with Crippen molar-refractivity contribution >= 4 is 29.1 Å². The third kappa shape index (κ3) is 6.05. The Kier molecular flexibility index (Phi) is 7.85. The molecule has 0 radical (unpaired) electrons. The zero-order chi connectivity index (χ0) is 23.2. The number of nitrogens with one attached hydrogen (secondary N) is 2. The number of fused-ring (bicyclic) bond motifs is 1. The summed E-state index contributed by atoms with van der Waals surface area (Å²) in [6.45, 7) is 4.62. The molecule has 0 spiro atoms. The van der Waals surface area contributed by atoms with Crippen LogP contribution in [0.25, 0.3) is 0 Å². The van der Waals surface area contributed by atoms with Crippen molar-refractivity contribution in [1.82, 2.24) is 15.5 Å². The molecule has 0 aliphatic carbocycles. The molecule has 176 valence electrons. The molecular weight excluding hydrogens is 440 g/mol. The van der Waals surface area contributed by atoms with Gasteiger partial charge in [0, 0.05) is 50.5 Å². The van der Waals surface area contributed by atoms with E-state index in [2.05, 4.69) is 45.7 Å². The molecule has 1 atom stereocenters. The highest BCUT2D eigenvalue weighted by Gasteiger charge is 2.26. The van der Waals surface area contributed by atoms with Gasteiger partial charge in [-0.2, -0.15) is 0 Å². The highest BCUT2D eigenvalue weighted by Crippen LogP contribution is 2.30. The summed E-state index contributed by atoms with van der Waals surface area (Å²) in [4.78, 5) is 29.5. The number of carbonyl (C=O) groups is 2. The molecule has 2 heterocycles. The Morgan fingerprint density at radius 1 is 1.03 bits per heavy atom. The molecule has 2 aromatic rings. The zero-order valence-electron chi connectivity index (χ0n) is 19.0. The maximum absolute atomic E-state index is 12.5. The maximum atomic E-state index is 12.5. The first-order chi connectivity index (χ1) is 16.0. The second-order valence-electron chi connectivity index (χ2n) is 8.60. The van der Waals surface area contributed by atoms with Gasteiger partial charge in [0.05, 0.1) is 19.3 Å². The van der Waals surface area contributed by atoms with Crippen molar-refractivity contribution in [1.29, 1.82) is 0 Å². The minimum absolute atomic E-state index is 0.0144.